The first-order valence-electron chi connectivity index (χ1n) is 10.2. The van der Waals surface area contributed by atoms with Gasteiger partial charge in [0, 0.05) is 53.0 Å². The van der Waals surface area contributed by atoms with Crippen molar-refractivity contribution in [3.05, 3.63) is 42.0 Å². The lowest BCUT2D eigenvalue weighted by molar-refractivity contribution is -0.145. The number of nitrogens with zero attached hydrogens (tertiary/aromatic N) is 2. The van der Waals surface area contributed by atoms with E-state index in [4.69, 9.17) is 4.74 Å². The topological polar surface area (TPSA) is 61.9 Å². The largest absolute Gasteiger partial charge is 0.385 e. The van der Waals surface area contributed by atoms with E-state index in [2.05, 4.69) is 34.5 Å². The van der Waals surface area contributed by atoms with Crippen LogP contribution in [0, 0.1) is 5.41 Å². The van der Waals surface area contributed by atoms with E-state index in [0.717, 1.165) is 26.1 Å². The molecule has 2 fully saturated rings. The highest BCUT2D eigenvalue weighted by Gasteiger charge is 2.57. The van der Waals surface area contributed by atoms with Crippen LogP contribution in [0.1, 0.15) is 24.8 Å². The van der Waals surface area contributed by atoms with E-state index in [1.807, 2.05) is 23.1 Å². The number of benzene rings is 1. The fourth-order valence-electron chi connectivity index (χ4n) is 3.59. The molecule has 1 saturated heterocycles. The monoisotopic (exact) mass is 385 g/mol. The van der Waals surface area contributed by atoms with Crippen molar-refractivity contribution in [2.45, 2.75) is 19.3 Å². The van der Waals surface area contributed by atoms with Crippen LogP contribution in [0.15, 0.2) is 36.4 Å². The third-order valence-corrected chi connectivity index (χ3v) is 5.54. The van der Waals surface area contributed by atoms with Crippen molar-refractivity contribution in [3.63, 3.8) is 0 Å². The maximum absolute atomic E-state index is 12.9. The number of carbonyl (C=O) groups is 2. The Kier molecular flexibility index (Phi) is 7.23. The molecular formula is C22H31N3O3. The number of amides is 2. The van der Waals surface area contributed by atoms with Crippen LogP contribution in [-0.4, -0.2) is 74.6 Å². The van der Waals surface area contributed by atoms with Gasteiger partial charge in [-0.3, -0.25) is 14.5 Å². The predicted octanol–water partition coefficient (Wildman–Crippen LogP) is 1.78. The summed E-state index contributed by atoms with van der Waals surface area (Å²) in [7, 11) is 1.64. The lowest BCUT2D eigenvalue weighted by Crippen LogP contribution is -2.53. The highest BCUT2D eigenvalue weighted by molar-refractivity contribution is 6.07. The van der Waals surface area contributed by atoms with Gasteiger partial charge in [-0.05, 0) is 24.8 Å². The molecule has 1 saturated carbocycles. The van der Waals surface area contributed by atoms with Gasteiger partial charge >= 0.3 is 0 Å². The number of piperazine rings is 1. The maximum Gasteiger partial charge on any atom is 0.238 e. The summed E-state index contributed by atoms with van der Waals surface area (Å²) in [6.07, 6.45) is 6.40. The van der Waals surface area contributed by atoms with Gasteiger partial charge in [0.25, 0.3) is 0 Å². The zero-order valence-electron chi connectivity index (χ0n) is 16.7. The lowest BCUT2D eigenvalue weighted by Gasteiger charge is -2.35. The Morgan fingerprint density at radius 1 is 1.14 bits per heavy atom. The molecule has 6 nitrogen and oxygen atoms in total. The molecule has 28 heavy (non-hydrogen) atoms. The van der Waals surface area contributed by atoms with Crippen LogP contribution >= 0.6 is 0 Å². The van der Waals surface area contributed by atoms with Crippen LogP contribution in [-0.2, 0) is 14.3 Å². The molecule has 3 rings (SSSR count). The Morgan fingerprint density at radius 3 is 2.50 bits per heavy atom. The van der Waals surface area contributed by atoms with E-state index in [0.29, 0.717) is 39.1 Å². The van der Waals surface area contributed by atoms with E-state index in [1.54, 1.807) is 7.11 Å². The predicted molar refractivity (Wildman–Crippen MR) is 110 cm³/mol. The van der Waals surface area contributed by atoms with Gasteiger partial charge in [0.15, 0.2) is 0 Å². The Hall–Kier alpha value is -2.18. The van der Waals surface area contributed by atoms with Gasteiger partial charge in [0.2, 0.25) is 11.8 Å². The molecule has 1 aliphatic heterocycles. The van der Waals surface area contributed by atoms with Crippen LogP contribution in [0.25, 0.3) is 6.08 Å². The van der Waals surface area contributed by atoms with Gasteiger partial charge in [-0.15, -0.1) is 0 Å². The Morgan fingerprint density at radius 2 is 1.86 bits per heavy atom. The van der Waals surface area contributed by atoms with Crippen LogP contribution < -0.4 is 5.32 Å². The van der Waals surface area contributed by atoms with Crippen molar-refractivity contribution in [2.75, 3.05) is 53.0 Å². The van der Waals surface area contributed by atoms with Crippen LogP contribution in [0.3, 0.4) is 0 Å². The Bertz CT molecular complexity index is 678. The highest BCUT2D eigenvalue weighted by Crippen LogP contribution is 2.47. The van der Waals surface area contributed by atoms with Gasteiger partial charge in [-0.25, -0.2) is 0 Å². The Labute approximate surface area is 167 Å². The minimum absolute atomic E-state index is 0.0104. The number of nitrogens with one attached hydrogen (secondary N) is 1. The standard InChI is InChI=1S/C22H31N3O3/c1-28-18-6-12-23-20(26)22(10-11-22)21(27)25-16-14-24(15-17-25)13-5-9-19-7-3-2-4-8-19/h2-5,7-9H,6,10-18H2,1H3,(H,23,26)/b9-5+. The molecular weight excluding hydrogens is 354 g/mol. The van der Waals surface area contributed by atoms with Gasteiger partial charge in [-0.2, -0.15) is 0 Å². The summed E-state index contributed by atoms with van der Waals surface area (Å²) >= 11 is 0. The second kappa shape index (κ2) is 9.85. The minimum atomic E-state index is -0.803. The first-order chi connectivity index (χ1) is 13.7. The molecule has 2 aliphatic rings. The Balaban J connectivity index is 1.42. The van der Waals surface area contributed by atoms with E-state index < -0.39 is 5.41 Å². The zero-order chi connectivity index (χ0) is 19.8. The molecule has 0 unspecified atom stereocenters. The summed E-state index contributed by atoms with van der Waals surface area (Å²) in [6, 6.07) is 10.3. The number of hydrogen-bond acceptors (Lipinski definition) is 4. The van der Waals surface area contributed by atoms with Crippen molar-refractivity contribution in [1.29, 1.82) is 0 Å². The first-order valence-corrected chi connectivity index (χ1v) is 10.2. The van der Waals surface area contributed by atoms with Crippen molar-refractivity contribution in [3.8, 4) is 0 Å². The maximum atomic E-state index is 12.9. The van der Waals surface area contributed by atoms with Gasteiger partial charge < -0.3 is 15.0 Å². The fourth-order valence-corrected chi connectivity index (χ4v) is 3.59. The van der Waals surface area contributed by atoms with Crippen LogP contribution in [0.5, 0.6) is 0 Å². The normalized spacial score (nSPS) is 19.0. The summed E-state index contributed by atoms with van der Waals surface area (Å²) in [6.45, 7) is 5.12. The molecule has 1 aliphatic carbocycles. The molecule has 0 spiro atoms. The number of rotatable bonds is 9. The second-order valence-corrected chi connectivity index (χ2v) is 7.59. The summed E-state index contributed by atoms with van der Waals surface area (Å²) in [5, 5.41) is 2.91. The van der Waals surface area contributed by atoms with Crippen LogP contribution in [0.2, 0.25) is 0 Å². The molecule has 1 N–H and O–H groups in total. The molecule has 152 valence electrons. The first kappa shape index (κ1) is 20.6. The third kappa shape index (κ3) is 5.20. The van der Waals surface area contributed by atoms with Crippen molar-refractivity contribution < 1.29 is 14.3 Å². The minimum Gasteiger partial charge on any atom is -0.385 e. The quantitative estimate of drug-likeness (QED) is 0.520. The number of ether oxygens (including phenoxy) is 1. The van der Waals surface area contributed by atoms with Gasteiger partial charge in [-0.1, -0.05) is 42.5 Å². The number of methoxy groups -OCH3 is 1. The van der Waals surface area contributed by atoms with E-state index in [9.17, 15) is 9.59 Å². The average molecular weight is 386 g/mol. The molecule has 0 bridgehead atoms. The van der Waals surface area contributed by atoms with Gasteiger partial charge in [0.1, 0.15) is 5.41 Å². The molecule has 6 heteroatoms. The van der Waals surface area contributed by atoms with Gasteiger partial charge in [0.05, 0.1) is 0 Å². The van der Waals surface area contributed by atoms with E-state index >= 15 is 0 Å². The van der Waals surface area contributed by atoms with Crippen molar-refractivity contribution in [1.82, 2.24) is 15.1 Å². The fraction of sp³-hybridized carbons (Fsp3) is 0.545. The second-order valence-electron chi connectivity index (χ2n) is 7.59. The average Bonchev–Trinajstić information content (AvgIpc) is 3.54. The molecule has 0 aromatic heterocycles. The third-order valence-electron chi connectivity index (χ3n) is 5.54. The summed E-state index contributed by atoms with van der Waals surface area (Å²) < 4.78 is 4.99. The molecule has 0 atom stereocenters. The lowest BCUT2D eigenvalue weighted by atomic mass is 10.0. The number of carbonyl (C=O) groups excluding carboxylic acids is 2. The molecule has 1 aromatic carbocycles. The molecule has 1 aromatic rings. The van der Waals surface area contributed by atoms with E-state index in [-0.39, 0.29) is 11.8 Å². The highest BCUT2D eigenvalue weighted by atomic mass is 16.5. The smallest absolute Gasteiger partial charge is 0.238 e. The van der Waals surface area contributed by atoms with E-state index in [1.165, 1.54) is 5.56 Å². The summed E-state index contributed by atoms with van der Waals surface area (Å²) in [4.78, 5) is 29.6. The molecule has 0 radical (unpaired) electrons. The molecule has 1 heterocycles. The summed E-state index contributed by atoms with van der Waals surface area (Å²) in [5.74, 6) is -0.0990. The SMILES string of the molecule is COCCCNC(=O)C1(C(=O)N2CCN(C/C=C/c3ccccc3)CC2)CC1. The number of hydrogen-bond donors (Lipinski definition) is 1. The molecule has 2 amide bonds. The van der Waals surface area contributed by atoms with Crippen molar-refractivity contribution in [2.24, 2.45) is 5.41 Å². The zero-order valence-corrected chi connectivity index (χ0v) is 16.7. The van der Waals surface area contributed by atoms with Crippen LogP contribution in [0.4, 0.5) is 0 Å². The summed E-state index contributed by atoms with van der Waals surface area (Å²) in [5.41, 5.74) is 0.395. The van der Waals surface area contributed by atoms with Crippen molar-refractivity contribution >= 4 is 17.9 Å².